The standard InChI is InChI=1S/C12H15NO3.ClH/c1-2-15-10-5-3-9(4-6-10)11-7-8-16-12(14)13-11;/h3-6,11H,2,7-8H2,1H3,(H,13,14);1H/t11-;/m1./s1. The Balaban J connectivity index is 0.00000144. The van der Waals surface area contributed by atoms with Gasteiger partial charge in [0.15, 0.2) is 0 Å². The van der Waals surface area contributed by atoms with Crippen LogP contribution in [0, 0.1) is 0 Å². The van der Waals surface area contributed by atoms with Gasteiger partial charge in [-0.05, 0) is 24.6 Å². The normalized spacial score (nSPS) is 18.6. The zero-order valence-corrected chi connectivity index (χ0v) is 10.5. The molecule has 1 amide bonds. The number of carbonyl (C=O) groups excluding carboxylic acids is 1. The van der Waals surface area contributed by atoms with E-state index in [0.717, 1.165) is 17.7 Å². The maximum Gasteiger partial charge on any atom is 0.407 e. The summed E-state index contributed by atoms with van der Waals surface area (Å²) in [5, 5.41) is 2.78. The number of hydrogen-bond acceptors (Lipinski definition) is 3. The van der Waals surface area contributed by atoms with Gasteiger partial charge in [0.05, 0.1) is 19.3 Å². The third-order valence-electron chi connectivity index (χ3n) is 2.53. The Bertz CT molecular complexity index is 367. The first-order chi connectivity index (χ1) is 7.79. The highest BCUT2D eigenvalue weighted by molar-refractivity contribution is 5.85. The Morgan fingerprint density at radius 1 is 1.41 bits per heavy atom. The Hall–Kier alpha value is -1.42. The quantitative estimate of drug-likeness (QED) is 0.906. The summed E-state index contributed by atoms with van der Waals surface area (Å²) >= 11 is 0. The van der Waals surface area contributed by atoms with Crippen LogP contribution >= 0.6 is 12.4 Å². The first-order valence-electron chi connectivity index (χ1n) is 5.45. The average Bonchev–Trinajstić information content (AvgIpc) is 2.30. The molecular weight excluding hydrogens is 242 g/mol. The van der Waals surface area contributed by atoms with Gasteiger partial charge in [0.25, 0.3) is 0 Å². The van der Waals surface area contributed by atoms with Gasteiger partial charge in [-0.2, -0.15) is 0 Å². The van der Waals surface area contributed by atoms with Crippen LogP contribution in [0.15, 0.2) is 24.3 Å². The van der Waals surface area contributed by atoms with E-state index in [2.05, 4.69) is 5.32 Å². The molecule has 4 nitrogen and oxygen atoms in total. The van der Waals surface area contributed by atoms with Crippen LogP contribution in [0.4, 0.5) is 4.79 Å². The highest BCUT2D eigenvalue weighted by atomic mass is 35.5. The van der Waals surface area contributed by atoms with Crippen molar-refractivity contribution in [3.05, 3.63) is 29.8 Å². The van der Waals surface area contributed by atoms with Gasteiger partial charge in [-0.1, -0.05) is 12.1 Å². The number of amides is 1. The van der Waals surface area contributed by atoms with Crippen LogP contribution in [0.5, 0.6) is 5.75 Å². The van der Waals surface area contributed by atoms with Crippen molar-refractivity contribution >= 4 is 18.5 Å². The molecule has 1 atom stereocenters. The Morgan fingerprint density at radius 2 is 2.12 bits per heavy atom. The lowest BCUT2D eigenvalue weighted by Gasteiger charge is -2.23. The Morgan fingerprint density at radius 3 is 2.71 bits per heavy atom. The molecule has 1 N–H and O–H groups in total. The number of rotatable bonds is 3. The lowest BCUT2D eigenvalue weighted by molar-refractivity contribution is 0.115. The number of carbonyl (C=O) groups is 1. The maximum absolute atomic E-state index is 11.1. The molecule has 1 aromatic carbocycles. The van der Waals surface area contributed by atoms with Crippen molar-refractivity contribution in [1.29, 1.82) is 0 Å². The number of cyclic esters (lactones) is 1. The molecule has 0 bridgehead atoms. The van der Waals surface area contributed by atoms with Crippen LogP contribution < -0.4 is 10.1 Å². The van der Waals surface area contributed by atoms with Crippen LogP contribution in [0.3, 0.4) is 0 Å². The van der Waals surface area contributed by atoms with E-state index >= 15 is 0 Å². The van der Waals surface area contributed by atoms with Crippen molar-refractivity contribution in [2.24, 2.45) is 0 Å². The van der Waals surface area contributed by atoms with Crippen LogP contribution in [-0.4, -0.2) is 19.3 Å². The van der Waals surface area contributed by atoms with Crippen molar-refractivity contribution in [2.75, 3.05) is 13.2 Å². The second-order valence-electron chi connectivity index (χ2n) is 3.62. The predicted octanol–water partition coefficient (Wildman–Crippen LogP) is 2.68. The highest BCUT2D eigenvalue weighted by Gasteiger charge is 2.20. The van der Waals surface area contributed by atoms with Gasteiger partial charge in [0.1, 0.15) is 5.75 Å². The van der Waals surface area contributed by atoms with E-state index in [-0.39, 0.29) is 24.5 Å². The number of ether oxygens (including phenoxy) is 2. The zero-order chi connectivity index (χ0) is 11.4. The van der Waals surface area contributed by atoms with E-state index in [1.54, 1.807) is 0 Å². The molecule has 0 unspecified atom stereocenters. The topological polar surface area (TPSA) is 47.6 Å². The fourth-order valence-electron chi connectivity index (χ4n) is 1.74. The highest BCUT2D eigenvalue weighted by Crippen LogP contribution is 2.22. The Labute approximate surface area is 107 Å². The summed E-state index contributed by atoms with van der Waals surface area (Å²) in [5.74, 6) is 0.852. The summed E-state index contributed by atoms with van der Waals surface area (Å²) < 4.78 is 10.2. The monoisotopic (exact) mass is 257 g/mol. The van der Waals surface area contributed by atoms with Crippen molar-refractivity contribution in [1.82, 2.24) is 5.32 Å². The smallest absolute Gasteiger partial charge is 0.407 e. The number of hydrogen-bond donors (Lipinski definition) is 1. The number of halogens is 1. The van der Waals surface area contributed by atoms with Gasteiger partial charge in [-0.15, -0.1) is 12.4 Å². The van der Waals surface area contributed by atoms with Gasteiger partial charge in [-0.25, -0.2) is 4.79 Å². The van der Waals surface area contributed by atoms with Gasteiger partial charge in [0, 0.05) is 6.42 Å². The minimum atomic E-state index is -0.342. The van der Waals surface area contributed by atoms with E-state index in [1.807, 2.05) is 31.2 Å². The SMILES string of the molecule is CCOc1ccc([C@H]2CCOC(=O)N2)cc1.Cl. The Kier molecular flexibility index (Phi) is 5.10. The van der Waals surface area contributed by atoms with E-state index in [0.29, 0.717) is 13.2 Å². The van der Waals surface area contributed by atoms with Crippen molar-refractivity contribution in [3.63, 3.8) is 0 Å². The van der Waals surface area contributed by atoms with Crippen LogP contribution in [0.1, 0.15) is 24.9 Å². The summed E-state index contributed by atoms with van der Waals surface area (Å²) in [4.78, 5) is 11.1. The fourth-order valence-corrected chi connectivity index (χ4v) is 1.74. The molecule has 0 radical (unpaired) electrons. The first kappa shape index (κ1) is 13.6. The number of alkyl carbamates (subject to hydrolysis) is 1. The summed E-state index contributed by atoms with van der Waals surface area (Å²) in [7, 11) is 0. The second kappa shape index (κ2) is 6.35. The summed E-state index contributed by atoms with van der Waals surface area (Å²) in [6.07, 6.45) is 0.463. The molecule has 5 heteroatoms. The lowest BCUT2D eigenvalue weighted by Crippen LogP contribution is -2.35. The molecule has 0 aromatic heterocycles. The van der Waals surface area contributed by atoms with E-state index in [1.165, 1.54) is 0 Å². The minimum Gasteiger partial charge on any atom is -0.494 e. The number of benzene rings is 1. The van der Waals surface area contributed by atoms with Gasteiger partial charge in [0.2, 0.25) is 0 Å². The molecule has 0 spiro atoms. The maximum atomic E-state index is 11.1. The largest absolute Gasteiger partial charge is 0.494 e. The molecule has 2 rings (SSSR count). The summed E-state index contributed by atoms with van der Waals surface area (Å²) in [6, 6.07) is 7.83. The number of nitrogens with one attached hydrogen (secondary N) is 1. The molecule has 1 aromatic rings. The third-order valence-corrected chi connectivity index (χ3v) is 2.53. The molecule has 94 valence electrons. The lowest BCUT2D eigenvalue weighted by atomic mass is 10.0. The van der Waals surface area contributed by atoms with Gasteiger partial charge < -0.3 is 14.8 Å². The molecule has 1 saturated heterocycles. The molecule has 17 heavy (non-hydrogen) atoms. The molecule has 1 aliphatic heterocycles. The predicted molar refractivity (Wildman–Crippen MR) is 66.7 cm³/mol. The van der Waals surface area contributed by atoms with Gasteiger partial charge in [-0.3, -0.25) is 0 Å². The van der Waals surface area contributed by atoms with E-state index in [4.69, 9.17) is 9.47 Å². The summed E-state index contributed by atoms with van der Waals surface area (Å²) in [5.41, 5.74) is 1.08. The van der Waals surface area contributed by atoms with Crippen LogP contribution in [-0.2, 0) is 4.74 Å². The molecular formula is C12H16ClNO3. The van der Waals surface area contributed by atoms with Gasteiger partial charge >= 0.3 is 6.09 Å². The molecule has 1 fully saturated rings. The summed E-state index contributed by atoms with van der Waals surface area (Å²) in [6.45, 7) is 3.09. The van der Waals surface area contributed by atoms with Crippen molar-refractivity contribution in [3.8, 4) is 5.75 Å². The zero-order valence-electron chi connectivity index (χ0n) is 9.64. The third kappa shape index (κ3) is 3.53. The van der Waals surface area contributed by atoms with E-state index in [9.17, 15) is 4.79 Å². The second-order valence-corrected chi connectivity index (χ2v) is 3.62. The van der Waals surface area contributed by atoms with E-state index < -0.39 is 0 Å². The van der Waals surface area contributed by atoms with Crippen LogP contribution in [0.25, 0.3) is 0 Å². The molecule has 0 saturated carbocycles. The fraction of sp³-hybridized carbons (Fsp3) is 0.417. The molecule has 0 aliphatic carbocycles. The van der Waals surface area contributed by atoms with Crippen molar-refractivity contribution < 1.29 is 14.3 Å². The average molecular weight is 258 g/mol. The minimum absolute atomic E-state index is 0. The molecule has 1 heterocycles. The first-order valence-corrected chi connectivity index (χ1v) is 5.45. The molecule has 1 aliphatic rings. The van der Waals surface area contributed by atoms with Crippen molar-refractivity contribution in [2.45, 2.75) is 19.4 Å². The van der Waals surface area contributed by atoms with Crippen LogP contribution in [0.2, 0.25) is 0 Å².